The van der Waals surface area contributed by atoms with Crippen LogP contribution in [-0.2, 0) is 21.9 Å². The first-order valence-corrected chi connectivity index (χ1v) is 12.1. The lowest BCUT2D eigenvalue weighted by atomic mass is 10.2. The van der Waals surface area contributed by atoms with Crippen molar-refractivity contribution in [3.63, 3.8) is 0 Å². The second kappa shape index (κ2) is 9.72. The molecule has 0 unspecified atom stereocenters. The van der Waals surface area contributed by atoms with Crippen LogP contribution >= 0.6 is 11.8 Å². The predicted molar refractivity (Wildman–Crippen MR) is 124 cm³/mol. The molecule has 0 saturated heterocycles. The van der Waals surface area contributed by atoms with E-state index in [-0.39, 0.29) is 16.6 Å². The van der Waals surface area contributed by atoms with Gasteiger partial charge < -0.3 is 14.6 Å². The average molecular weight is 476 g/mol. The Hall–Kier alpha value is -2.89. The van der Waals surface area contributed by atoms with E-state index in [0.29, 0.717) is 28.0 Å². The van der Waals surface area contributed by atoms with E-state index < -0.39 is 10.0 Å². The van der Waals surface area contributed by atoms with Gasteiger partial charge in [0.25, 0.3) is 0 Å². The zero-order chi connectivity index (χ0) is 23.5. The molecule has 0 fully saturated rings. The number of rotatable bonds is 8. The summed E-state index contributed by atoms with van der Waals surface area (Å²) in [5.74, 6) is 1.18. The molecule has 1 N–H and O–H groups in total. The van der Waals surface area contributed by atoms with E-state index >= 15 is 0 Å². The van der Waals surface area contributed by atoms with Gasteiger partial charge in [0.05, 0.1) is 17.8 Å². The standard InChI is InChI=1S/C21H25N5O4S2/c1-14-9-10-16(12-18(14)32(28,29)25(2)3)22-19(27)13-31-21-24-23-20(26(21)4)15-7-6-8-17(11-15)30-5/h6-12H,13H2,1-5H3,(H,22,27). The van der Waals surface area contributed by atoms with Crippen LogP contribution < -0.4 is 10.1 Å². The number of nitrogens with zero attached hydrogens (tertiary/aromatic N) is 4. The number of nitrogens with one attached hydrogen (secondary N) is 1. The summed E-state index contributed by atoms with van der Waals surface area (Å²) in [6, 6.07) is 12.3. The SMILES string of the molecule is COc1cccc(-c2nnc(SCC(=O)Nc3ccc(C)c(S(=O)(=O)N(C)C)c3)n2C)c1. The van der Waals surface area contributed by atoms with Gasteiger partial charge in [-0.15, -0.1) is 10.2 Å². The number of hydrogen-bond donors (Lipinski definition) is 1. The molecule has 0 saturated carbocycles. The molecule has 0 spiro atoms. The number of carbonyl (C=O) groups excluding carboxylic acids is 1. The summed E-state index contributed by atoms with van der Waals surface area (Å²) in [7, 11) is 2.76. The van der Waals surface area contributed by atoms with E-state index in [9.17, 15) is 13.2 Å². The van der Waals surface area contributed by atoms with Gasteiger partial charge in [-0.05, 0) is 36.8 Å². The molecule has 0 radical (unpaired) electrons. The maximum absolute atomic E-state index is 12.5. The van der Waals surface area contributed by atoms with Crippen molar-refractivity contribution >= 4 is 33.4 Å². The summed E-state index contributed by atoms with van der Waals surface area (Å²) in [5, 5.41) is 11.7. The Morgan fingerprint density at radius 2 is 1.94 bits per heavy atom. The molecular weight excluding hydrogens is 450 g/mol. The lowest BCUT2D eigenvalue weighted by molar-refractivity contribution is -0.113. The Balaban J connectivity index is 1.69. The molecule has 0 atom stereocenters. The quantitative estimate of drug-likeness (QED) is 0.499. The fraction of sp³-hybridized carbons (Fsp3) is 0.286. The van der Waals surface area contributed by atoms with Crippen molar-refractivity contribution in [1.82, 2.24) is 19.1 Å². The molecule has 9 nitrogen and oxygen atoms in total. The lowest BCUT2D eigenvalue weighted by Crippen LogP contribution is -2.23. The van der Waals surface area contributed by atoms with Gasteiger partial charge in [-0.25, -0.2) is 12.7 Å². The highest BCUT2D eigenvalue weighted by atomic mass is 32.2. The molecule has 0 aliphatic heterocycles. The Morgan fingerprint density at radius 1 is 1.19 bits per heavy atom. The number of hydrogen-bond acceptors (Lipinski definition) is 7. The van der Waals surface area contributed by atoms with Gasteiger partial charge in [-0.3, -0.25) is 4.79 Å². The van der Waals surface area contributed by atoms with Gasteiger partial charge in [0.2, 0.25) is 15.9 Å². The van der Waals surface area contributed by atoms with Crippen LogP contribution in [0.5, 0.6) is 5.75 Å². The molecular formula is C21H25N5O4S2. The minimum absolute atomic E-state index is 0.0910. The topological polar surface area (TPSA) is 106 Å². The van der Waals surface area contributed by atoms with Crippen LogP contribution in [0.25, 0.3) is 11.4 Å². The summed E-state index contributed by atoms with van der Waals surface area (Å²) >= 11 is 1.24. The molecule has 1 heterocycles. The van der Waals surface area contributed by atoms with Gasteiger partial charge in [0.1, 0.15) is 5.75 Å². The number of methoxy groups -OCH3 is 1. The number of aromatic nitrogens is 3. The second-order valence-electron chi connectivity index (χ2n) is 7.20. The van der Waals surface area contributed by atoms with Crippen LogP contribution in [0.1, 0.15) is 5.56 Å². The first-order valence-electron chi connectivity index (χ1n) is 9.63. The van der Waals surface area contributed by atoms with Crippen molar-refractivity contribution in [2.24, 2.45) is 7.05 Å². The molecule has 2 aromatic carbocycles. The number of sulfonamides is 1. The molecule has 11 heteroatoms. The number of thioether (sulfide) groups is 1. The van der Waals surface area contributed by atoms with Crippen LogP contribution in [0.2, 0.25) is 0 Å². The van der Waals surface area contributed by atoms with Crippen LogP contribution in [0.4, 0.5) is 5.69 Å². The van der Waals surface area contributed by atoms with E-state index in [1.54, 1.807) is 30.7 Å². The highest BCUT2D eigenvalue weighted by Crippen LogP contribution is 2.26. The van der Waals surface area contributed by atoms with Crippen LogP contribution in [0, 0.1) is 6.92 Å². The van der Waals surface area contributed by atoms with Crippen molar-refractivity contribution in [1.29, 1.82) is 0 Å². The Morgan fingerprint density at radius 3 is 2.62 bits per heavy atom. The molecule has 3 aromatic rings. The van der Waals surface area contributed by atoms with Crippen molar-refractivity contribution in [3.8, 4) is 17.1 Å². The number of benzene rings is 2. The third-order valence-corrected chi connectivity index (χ3v) is 7.70. The summed E-state index contributed by atoms with van der Waals surface area (Å²) < 4.78 is 33.2. The number of aryl methyl sites for hydroxylation is 1. The fourth-order valence-electron chi connectivity index (χ4n) is 2.93. The van der Waals surface area contributed by atoms with Gasteiger partial charge in [0, 0.05) is 32.4 Å². The van der Waals surface area contributed by atoms with Crippen molar-refractivity contribution < 1.29 is 17.9 Å². The summed E-state index contributed by atoms with van der Waals surface area (Å²) in [4.78, 5) is 12.6. The summed E-state index contributed by atoms with van der Waals surface area (Å²) in [5.41, 5.74) is 1.87. The van der Waals surface area contributed by atoms with Crippen LogP contribution in [0.3, 0.4) is 0 Å². The minimum Gasteiger partial charge on any atom is -0.497 e. The summed E-state index contributed by atoms with van der Waals surface area (Å²) in [6.07, 6.45) is 0. The molecule has 170 valence electrons. The Kier molecular flexibility index (Phi) is 7.22. The van der Waals surface area contributed by atoms with Crippen LogP contribution in [0.15, 0.2) is 52.5 Å². The smallest absolute Gasteiger partial charge is 0.242 e. The van der Waals surface area contributed by atoms with E-state index in [1.165, 1.54) is 31.9 Å². The molecule has 3 rings (SSSR count). The minimum atomic E-state index is -3.61. The largest absolute Gasteiger partial charge is 0.497 e. The normalized spacial score (nSPS) is 11.6. The van der Waals surface area contributed by atoms with Crippen LogP contribution in [-0.4, -0.2) is 60.4 Å². The fourth-order valence-corrected chi connectivity index (χ4v) is 4.79. The van der Waals surface area contributed by atoms with E-state index in [4.69, 9.17) is 4.74 Å². The highest BCUT2D eigenvalue weighted by Gasteiger charge is 2.20. The Bertz CT molecular complexity index is 1240. The molecule has 0 bridgehead atoms. The van der Waals surface area contributed by atoms with Gasteiger partial charge in [-0.2, -0.15) is 0 Å². The third kappa shape index (κ3) is 5.12. The zero-order valence-electron chi connectivity index (χ0n) is 18.5. The molecule has 1 amide bonds. The van der Waals surface area contributed by atoms with Gasteiger partial charge >= 0.3 is 0 Å². The van der Waals surface area contributed by atoms with Crippen molar-refractivity contribution in [2.75, 3.05) is 32.3 Å². The molecule has 1 aromatic heterocycles. The van der Waals surface area contributed by atoms with E-state index in [0.717, 1.165) is 9.87 Å². The number of amides is 1. The second-order valence-corrected chi connectivity index (χ2v) is 10.3. The lowest BCUT2D eigenvalue weighted by Gasteiger charge is -2.15. The summed E-state index contributed by atoms with van der Waals surface area (Å²) in [6.45, 7) is 1.71. The van der Waals surface area contributed by atoms with Gasteiger partial charge in [-0.1, -0.05) is 30.0 Å². The van der Waals surface area contributed by atoms with E-state index in [1.807, 2.05) is 31.3 Å². The Labute approximate surface area is 191 Å². The third-order valence-electron chi connectivity index (χ3n) is 4.73. The molecule has 0 aliphatic carbocycles. The molecule has 32 heavy (non-hydrogen) atoms. The average Bonchev–Trinajstić information content (AvgIpc) is 3.13. The van der Waals surface area contributed by atoms with Gasteiger partial charge in [0.15, 0.2) is 11.0 Å². The zero-order valence-corrected chi connectivity index (χ0v) is 20.1. The number of carbonyl (C=O) groups is 1. The number of anilines is 1. The maximum Gasteiger partial charge on any atom is 0.242 e. The monoisotopic (exact) mass is 475 g/mol. The number of ether oxygens (including phenoxy) is 1. The first-order chi connectivity index (χ1) is 15.1. The highest BCUT2D eigenvalue weighted by molar-refractivity contribution is 7.99. The first kappa shape index (κ1) is 23.8. The predicted octanol–water partition coefficient (Wildman–Crippen LogP) is 2.78. The van der Waals surface area contributed by atoms with E-state index in [2.05, 4.69) is 15.5 Å². The molecule has 0 aliphatic rings. The van der Waals surface area contributed by atoms with Crippen molar-refractivity contribution in [3.05, 3.63) is 48.0 Å². The van der Waals surface area contributed by atoms with Crippen molar-refractivity contribution in [2.45, 2.75) is 17.0 Å². The maximum atomic E-state index is 12.5.